The van der Waals surface area contributed by atoms with Crippen molar-refractivity contribution in [3.63, 3.8) is 0 Å². The Hall–Kier alpha value is -1.82. The molecule has 3 nitrogen and oxygen atoms in total. The van der Waals surface area contributed by atoms with Crippen LogP contribution in [0.5, 0.6) is 0 Å². The van der Waals surface area contributed by atoms with Gasteiger partial charge in [-0.2, -0.15) is 5.26 Å². The summed E-state index contributed by atoms with van der Waals surface area (Å²) >= 11 is 0. The van der Waals surface area contributed by atoms with Gasteiger partial charge < -0.3 is 4.40 Å². The van der Waals surface area contributed by atoms with Crippen LogP contribution in [0.3, 0.4) is 0 Å². The largest absolute Gasteiger partial charge is 0.304 e. The van der Waals surface area contributed by atoms with Crippen LogP contribution < -0.4 is 0 Å². The molecule has 1 aliphatic rings. The molecule has 116 valence electrons. The minimum Gasteiger partial charge on any atom is -0.304 e. The summed E-state index contributed by atoms with van der Waals surface area (Å²) in [6.45, 7) is 6.68. The molecule has 0 N–H and O–H groups in total. The molecule has 1 saturated carbocycles. The van der Waals surface area contributed by atoms with Gasteiger partial charge in [0.05, 0.1) is 17.3 Å². The zero-order valence-electron chi connectivity index (χ0n) is 13.9. The predicted molar refractivity (Wildman–Crippen MR) is 88.9 cm³/mol. The summed E-state index contributed by atoms with van der Waals surface area (Å²) in [7, 11) is 0. The van der Waals surface area contributed by atoms with Gasteiger partial charge in [0.1, 0.15) is 5.65 Å². The summed E-state index contributed by atoms with van der Waals surface area (Å²) in [6, 6.07) is 6.01. The van der Waals surface area contributed by atoms with Gasteiger partial charge in [-0.3, -0.25) is 0 Å². The van der Waals surface area contributed by atoms with Crippen molar-refractivity contribution in [1.82, 2.24) is 9.38 Å². The number of hydrogen-bond donors (Lipinski definition) is 0. The van der Waals surface area contributed by atoms with Crippen LogP contribution in [0, 0.1) is 17.2 Å². The molecule has 0 spiro atoms. The maximum atomic E-state index is 9.11. The van der Waals surface area contributed by atoms with Crippen LogP contribution in [-0.2, 0) is 11.8 Å². The number of rotatable bonds is 2. The van der Waals surface area contributed by atoms with Gasteiger partial charge in [0, 0.05) is 17.3 Å². The number of nitriles is 1. The standard InChI is InChI=1S/C19H25N3/c1-19(2,3)18-16(11-14-7-5-4-6-8-14)22-10-9-15(13-20)12-17(22)21-18/h9-10,12,14H,4-8,11H2,1-3H3. The fourth-order valence-corrected chi connectivity index (χ4v) is 3.63. The van der Waals surface area contributed by atoms with Crippen molar-refractivity contribution < 1.29 is 0 Å². The Balaban J connectivity index is 2.06. The molecule has 0 atom stereocenters. The highest BCUT2D eigenvalue weighted by molar-refractivity contribution is 5.50. The summed E-state index contributed by atoms with van der Waals surface area (Å²) in [5, 5.41) is 9.11. The Morgan fingerprint density at radius 3 is 2.64 bits per heavy atom. The minimum atomic E-state index is 0.0306. The molecule has 1 aliphatic carbocycles. The van der Waals surface area contributed by atoms with E-state index >= 15 is 0 Å². The maximum absolute atomic E-state index is 9.11. The van der Waals surface area contributed by atoms with Crippen molar-refractivity contribution in [1.29, 1.82) is 5.26 Å². The quantitative estimate of drug-likeness (QED) is 0.810. The van der Waals surface area contributed by atoms with Crippen LogP contribution in [0.15, 0.2) is 18.3 Å². The van der Waals surface area contributed by atoms with E-state index in [-0.39, 0.29) is 5.41 Å². The molecule has 22 heavy (non-hydrogen) atoms. The van der Waals surface area contributed by atoms with Gasteiger partial charge in [0.2, 0.25) is 0 Å². The zero-order chi connectivity index (χ0) is 15.7. The van der Waals surface area contributed by atoms with Crippen molar-refractivity contribution in [2.45, 2.75) is 64.7 Å². The van der Waals surface area contributed by atoms with Crippen LogP contribution in [-0.4, -0.2) is 9.38 Å². The van der Waals surface area contributed by atoms with E-state index in [0.717, 1.165) is 18.0 Å². The van der Waals surface area contributed by atoms with Gasteiger partial charge >= 0.3 is 0 Å². The summed E-state index contributed by atoms with van der Waals surface area (Å²) < 4.78 is 2.20. The third-order valence-corrected chi connectivity index (χ3v) is 4.77. The van der Waals surface area contributed by atoms with Crippen molar-refractivity contribution in [2.24, 2.45) is 5.92 Å². The molecule has 2 aromatic heterocycles. The van der Waals surface area contributed by atoms with E-state index in [1.165, 1.54) is 43.5 Å². The van der Waals surface area contributed by atoms with Gasteiger partial charge in [-0.15, -0.1) is 0 Å². The first kappa shape index (κ1) is 15.1. The van der Waals surface area contributed by atoms with E-state index in [9.17, 15) is 0 Å². The molecule has 2 heterocycles. The Morgan fingerprint density at radius 1 is 1.27 bits per heavy atom. The molecule has 0 amide bonds. The summed E-state index contributed by atoms with van der Waals surface area (Å²) in [4.78, 5) is 4.87. The second-order valence-electron chi connectivity index (χ2n) is 7.62. The Labute approximate surface area is 133 Å². The Kier molecular flexibility index (Phi) is 3.95. The minimum absolute atomic E-state index is 0.0306. The topological polar surface area (TPSA) is 41.1 Å². The third kappa shape index (κ3) is 2.88. The van der Waals surface area contributed by atoms with E-state index in [2.05, 4.69) is 31.2 Å². The molecule has 0 aromatic carbocycles. The first-order valence-electron chi connectivity index (χ1n) is 8.40. The second kappa shape index (κ2) is 5.76. The van der Waals surface area contributed by atoms with E-state index in [0.29, 0.717) is 5.56 Å². The van der Waals surface area contributed by atoms with Crippen molar-refractivity contribution in [2.75, 3.05) is 0 Å². The molecule has 3 heteroatoms. The molecular weight excluding hydrogens is 270 g/mol. The van der Waals surface area contributed by atoms with E-state index in [1.807, 2.05) is 18.3 Å². The monoisotopic (exact) mass is 295 g/mol. The lowest BCUT2D eigenvalue weighted by Crippen LogP contribution is -2.18. The molecule has 0 bridgehead atoms. The molecule has 3 rings (SSSR count). The first-order chi connectivity index (χ1) is 10.5. The van der Waals surface area contributed by atoms with E-state index < -0.39 is 0 Å². The van der Waals surface area contributed by atoms with Crippen molar-refractivity contribution >= 4 is 5.65 Å². The molecular formula is C19H25N3. The SMILES string of the molecule is CC(C)(C)c1nc2cc(C#N)ccn2c1CC1CCCCC1. The zero-order valence-corrected chi connectivity index (χ0v) is 13.9. The summed E-state index contributed by atoms with van der Waals surface area (Å²) in [5.74, 6) is 0.783. The number of fused-ring (bicyclic) bond motifs is 1. The van der Waals surface area contributed by atoms with Crippen molar-refractivity contribution in [3.05, 3.63) is 35.3 Å². The molecule has 0 unspecified atom stereocenters. The molecule has 0 aliphatic heterocycles. The Bertz CT molecular complexity index is 707. The number of nitrogens with zero attached hydrogens (tertiary/aromatic N) is 3. The highest BCUT2D eigenvalue weighted by atomic mass is 15.0. The number of aromatic nitrogens is 2. The fraction of sp³-hybridized carbons (Fsp3) is 0.579. The fourth-order valence-electron chi connectivity index (χ4n) is 3.63. The smallest absolute Gasteiger partial charge is 0.138 e. The molecule has 0 radical (unpaired) electrons. The number of pyridine rings is 1. The average Bonchev–Trinajstić information content (AvgIpc) is 2.86. The lowest BCUT2D eigenvalue weighted by molar-refractivity contribution is 0.351. The maximum Gasteiger partial charge on any atom is 0.138 e. The third-order valence-electron chi connectivity index (χ3n) is 4.77. The van der Waals surface area contributed by atoms with Crippen LogP contribution in [0.2, 0.25) is 0 Å². The number of imidazole rings is 1. The van der Waals surface area contributed by atoms with Gasteiger partial charge in [-0.25, -0.2) is 4.98 Å². The summed E-state index contributed by atoms with van der Waals surface area (Å²) in [6.07, 6.45) is 9.94. The van der Waals surface area contributed by atoms with Crippen LogP contribution in [0.4, 0.5) is 0 Å². The van der Waals surface area contributed by atoms with Crippen molar-refractivity contribution in [3.8, 4) is 6.07 Å². The normalized spacial score (nSPS) is 16.8. The lowest BCUT2D eigenvalue weighted by Gasteiger charge is -2.24. The summed E-state index contributed by atoms with van der Waals surface area (Å²) in [5.41, 5.74) is 4.16. The van der Waals surface area contributed by atoms with Gasteiger partial charge in [-0.1, -0.05) is 52.9 Å². The predicted octanol–water partition coefficient (Wildman–Crippen LogP) is 4.63. The van der Waals surface area contributed by atoms with Gasteiger partial charge in [-0.05, 0) is 24.5 Å². The first-order valence-corrected chi connectivity index (χ1v) is 8.40. The van der Waals surface area contributed by atoms with Gasteiger partial charge in [0.15, 0.2) is 0 Å². The van der Waals surface area contributed by atoms with Crippen LogP contribution in [0.1, 0.15) is 69.8 Å². The van der Waals surface area contributed by atoms with E-state index in [1.54, 1.807) is 0 Å². The molecule has 1 fully saturated rings. The van der Waals surface area contributed by atoms with Crippen LogP contribution in [0.25, 0.3) is 5.65 Å². The van der Waals surface area contributed by atoms with E-state index in [4.69, 9.17) is 10.2 Å². The number of hydrogen-bond acceptors (Lipinski definition) is 2. The Morgan fingerprint density at radius 2 is 2.00 bits per heavy atom. The van der Waals surface area contributed by atoms with Gasteiger partial charge in [0.25, 0.3) is 0 Å². The highest BCUT2D eigenvalue weighted by Crippen LogP contribution is 2.32. The lowest BCUT2D eigenvalue weighted by atomic mass is 9.83. The second-order valence-corrected chi connectivity index (χ2v) is 7.62. The highest BCUT2D eigenvalue weighted by Gasteiger charge is 2.26. The average molecular weight is 295 g/mol. The van der Waals surface area contributed by atoms with Crippen LogP contribution >= 0.6 is 0 Å². The molecule has 0 saturated heterocycles. The molecule has 2 aromatic rings.